The standard InChI is InChI=1S/C16H25N3O/c1-4-16(3,9-10-17)11-14-18-15(19-20-14)13-7-5-12(2)6-8-13/h12-13H,4-9,11H2,1-3H3. The first kappa shape index (κ1) is 15.0. The van der Waals surface area contributed by atoms with Gasteiger partial charge in [-0.2, -0.15) is 10.2 Å². The molecule has 4 heteroatoms. The van der Waals surface area contributed by atoms with Gasteiger partial charge in [0.05, 0.1) is 6.07 Å². The van der Waals surface area contributed by atoms with Gasteiger partial charge in [0.1, 0.15) is 0 Å². The quantitative estimate of drug-likeness (QED) is 0.806. The van der Waals surface area contributed by atoms with Crippen LogP contribution in [-0.2, 0) is 6.42 Å². The summed E-state index contributed by atoms with van der Waals surface area (Å²) in [6.45, 7) is 6.53. The van der Waals surface area contributed by atoms with E-state index >= 15 is 0 Å². The molecule has 0 aromatic carbocycles. The Labute approximate surface area is 121 Å². The number of rotatable bonds is 5. The zero-order valence-electron chi connectivity index (χ0n) is 12.9. The van der Waals surface area contributed by atoms with E-state index in [-0.39, 0.29) is 5.41 Å². The van der Waals surface area contributed by atoms with Crippen LogP contribution in [0.5, 0.6) is 0 Å². The van der Waals surface area contributed by atoms with Crippen molar-refractivity contribution in [1.82, 2.24) is 10.1 Å². The number of aromatic nitrogens is 2. The minimum atomic E-state index is -0.0559. The van der Waals surface area contributed by atoms with Gasteiger partial charge in [0.15, 0.2) is 5.82 Å². The summed E-state index contributed by atoms with van der Waals surface area (Å²) < 4.78 is 5.42. The Bertz CT molecular complexity index is 468. The van der Waals surface area contributed by atoms with Crippen molar-refractivity contribution in [3.63, 3.8) is 0 Å². The van der Waals surface area contributed by atoms with Crippen LogP contribution in [0.4, 0.5) is 0 Å². The Kier molecular flexibility index (Phi) is 4.80. The number of hydrogen-bond acceptors (Lipinski definition) is 4. The average molecular weight is 275 g/mol. The van der Waals surface area contributed by atoms with E-state index in [1.165, 1.54) is 25.7 Å². The lowest BCUT2D eigenvalue weighted by atomic mass is 9.81. The van der Waals surface area contributed by atoms with Crippen LogP contribution >= 0.6 is 0 Å². The van der Waals surface area contributed by atoms with Crippen molar-refractivity contribution in [2.24, 2.45) is 11.3 Å². The lowest BCUT2D eigenvalue weighted by Gasteiger charge is -2.23. The highest BCUT2D eigenvalue weighted by Gasteiger charge is 2.28. The molecule has 2 rings (SSSR count). The predicted octanol–water partition coefficient (Wildman–Crippen LogP) is 4.24. The van der Waals surface area contributed by atoms with Crippen molar-refractivity contribution in [2.45, 2.75) is 71.6 Å². The summed E-state index contributed by atoms with van der Waals surface area (Å²) in [5.74, 6) is 2.87. The molecule has 1 aromatic heterocycles. The zero-order chi connectivity index (χ0) is 14.6. The highest BCUT2D eigenvalue weighted by molar-refractivity contribution is 5.00. The van der Waals surface area contributed by atoms with Crippen LogP contribution in [0.25, 0.3) is 0 Å². The van der Waals surface area contributed by atoms with E-state index in [4.69, 9.17) is 9.78 Å². The Balaban J connectivity index is 2.00. The fourth-order valence-corrected chi connectivity index (χ4v) is 2.89. The van der Waals surface area contributed by atoms with E-state index in [1.54, 1.807) is 0 Å². The molecule has 1 unspecified atom stereocenters. The van der Waals surface area contributed by atoms with Crippen LogP contribution in [0, 0.1) is 22.7 Å². The molecule has 1 atom stereocenters. The molecule has 0 aliphatic heterocycles. The Morgan fingerprint density at radius 2 is 2.05 bits per heavy atom. The minimum absolute atomic E-state index is 0.0559. The summed E-state index contributed by atoms with van der Waals surface area (Å²) in [4.78, 5) is 4.59. The lowest BCUT2D eigenvalue weighted by molar-refractivity contribution is 0.264. The van der Waals surface area contributed by atoms with Crippen molar-refractivity contribution in [3.8, 4) is 6.07 Å². The molecule has 0 bridgehead atoms. The zero-order valence-corrected chi connectivity index (χ0v) is 12.9. The van der Waals surface area contributed by atoms with Gasteiger partial charge in [0, 0.05) is 18.8 Å². The van der Waals surface area contributed by atoms with Gasteiger partial charge in [-0.15, -0.1) is 0 Å². The molecule has 20 heavy (non-hydrogen) atoms. The minimum Gasteiger partial charge on any atom is -0.339 e. The molecule has 1 aliphatic rings. The average Bonchev–Trinajstić information content (AvgIpc) is 2.88. The summed E-state index contributed by atoms with van der Waals surface area (Å²) >= 11 is 0. The third-order valence-corrected chi connectivity index (χ3v) is 4.80. The topological polar surface area (TPSA) is 62.7 Å². The summed E-state index contributed by atoms with van der Waals surface area (Å²) in [7, 11) is 0. The molecule has 0 saturated heterocycles. The molecule has 0 spiro atoms. The Morgan fingerprint density at radius 1 is 1.35 bits per heavy atom. The summed E-state index contributed by atoms with van der Waals surface area (Å²) in [6.07, 6.45) is 7.03. The van der Waals surface area contributed by atoms with E-state index < -0.39 is 0 Å². The molecule has 110 valence electrons. The molecular formula is C16H25N3O. The fourth-order valence-electron chi connectivity index (χ4n) is 2.89. The Hall–Kier alpha value is -1.37. The second-order valence-corrected chi connectivity index (χ2v) is 6.68. The largest absolute Gasteiger partial charge is 0.339 e. The van der Waals surface area contributed by atoms with Crippen LogP contribution in [0.2, 0.25) is 0 Å². The highest BCUT2D eigenvalue weighted by Crippen LogP contribution is 2.35. The third-order valence-electron chi connectivity index (χ3n) is 4.80. The van der Waals surface area contributed by atoms with Crippen molar-refractivity contribution < 1.29 is 4.52 Å². The van der Waals surface area contributed by atoms with Gasteiger partial charge in [0.25, 0.3) is 0 Å². The van der Waals surface area contributed by atoms with Gasteiger partial charge in [-0.3, -0.25) is 0 Å². The van der Waals surface area contributed by atoms with Crippen LogP contribution in [-0.4, -0.2) is 10.1 Å². The Morgan fingerprint density at radius 3 is 2.65 bits per heavy atom. The predicted molar refractivity (Wildman–Crippen MR) is 77.0 cm³/mol. The van der Waals surface area contributed by atoms with E-state index in [1.807, 2.05) is 0 Å². The van der Waals surface area contributed by atoms with Crippen LogP contribution in [0.3, 0.4) is 0 Å². The third kappa shape index (κ3) is 3.59. The highest BCUT2D eigenvalue weighted by atomic mass is 16.5. The van der Waals surface area contributed by atoms with Gasteiger partial charge in [-0.05, 0) is 30.6 Å². The molecule has 4 nitrogen and oxygen atoms in total. The van der Waals surface area contributed by atoms with Crippen molar-refractivity contribution in [3.05, 3.63) is 11.7 Å². The normalized spacial score (nSPS) is 25.9. The van der Waals surface area contributed by atoms with Gasteiger partial charge in [-0.1, -0.05) is 38.8 Å². The monoisotopic (exact) mass is 275 g/mol. The second-order valence-electron chi connectivity index (χ2n) is 6.68. The van der Waals surface area contributed by atoms with Gasteiger partial charge < -0.3 is 4.52 Å². The fraction of sp³-hybridized carbons (Fsp3) is 0.812. The number of nitrogens with zero attached hydrogens (tertiary/aromatic N) is 3. The first-order valence-corrected chi connectivity index (χ1v) is 7.76. The van der Waals surface area contributed by atoms with E-state index in [2.05, 4.69) is 37.0 Å². The molecule has 1 aliphatic carbocycles. The molecular weight excluding hydrogens is 250 g/mol. The summed E-state index contributed by atoms with van der Waals surface area (Å²) in [5.41, 5.74) is -0.0559. The van der Waals surface area contributed by atoms with Gasteiger partial charge in [-0.25, -0.2) is 0 Å². The maximum Gasteiger partial charge on any atom is 0.227 e. The molecule has 1 fully saturated rings. The maximum absolute atomic E-state index is 8.93. The lowest BCUT2D eigenvalue weighted by Crippen LogP contribution is -2.18. The molecule has 0 N–H and O–H groups in total. The summed E-state index contributed by atoms with van der Waals surface area (Å²) in [6, 6.07) is 2.26. The first-order valence-electron chi connectivity index (χ1n) is 7.76. The van der Waals surface area contributed by atoms with Crippen LogP contribution in [0.1, 0.15) is 76.9 Å². The van der Waals surface area contributed by atoms with E-state index in [9.17, 15) is 0 Å². The van der Waals surface area contributed by atoms with Gasteiger partial charge >= 0.3 is 0 Å². The number of nitriles is 1. The number of hydrogen-bond donors (Lipinski definition) is 0. The molecule has 0 amide bonds. The van der Waals surface area contributed by atoms with Gasteiger partial charge in [0.2, 0.25) is 5.89 Å². The van der Waals surface area contributed by atoms with Crippen LogP contribution in [0.15, 0.2) is 4.52 Å². The molecule has 1 heterocycles. The molecule has 0 radical (unpaired) electrons. The SMILES string of the molecule is CCC(C)(CC#N)Cc1nc(C2CCC(C)CC2)no1. The van der Waals surface area contributed by atoms with Crippen molar-refractivity contribution >= 4 is 0 Å². The van der Waals surface area contributed by atoms with Crippen LogP contribution < -0.4 is 0 Å². The summed E-state index contributed by atoms with van der Waals surface area (Å²) in [5, 5.41) is 13.1. The van der Waals surface area contributed by atoms with E-state index in [0.717, 1.165) is 18.2 Å². The smallest absolute Gasteiger partial charge is 0.227 e. The second kappa shape index (κ2) is 6.39. The van der Waals surface area contributed by atoms with Crippen molar-refractivity contribution in [2.75, 3.05) is 0 Å². The first-order chi connectivity index (χ1) is 9.56. The van der Waals surface area contributed by atoms with E-state index in [0.29, 0.717) is 24.7 Å². The molecule has 1 aromatic rings. The maximum atomic E-state index is 8.93. The van der Waals surface area contributed by atoms with Crippen molar-refractivity contribution in [1.29, 1.82) is 5.26 Å². The molecule has 1 saturated carbocycles.